The maximum absolute atomic E-state index is 12.4. The summed E-state index contributed by atoms with van der Waals surface area (Å²) in [6, 6.07) is 3.81. The van der Waals surface area contributed by atoms with Crippen LogP contribution in [0.4, 0.5) is 13.2 Å². The number of aromatic hydroxyl groups is 1. The van der Waals surface area contributed by atoms with E-state index >= 15 is 0 Å². The van der Waals surface area contributed by atoms with E-state index in [9.17, 15) is 13.2 Å². The second-order valence-electron chi connectivity index (χ2n) is 3.04. The van der Waals surface area contributed by atoms with E-state index in [0.717, 1.165) is 0 Å². The molecule has 2 N–H and O–H groups in total. The number of nitrogens with one attached hydrogen (secondary N) is 1. The van der Waals surface area contributed by atoms with Gasteiger partial charge in [0.2, 0.25) is 0 Å². The molecule has 0 unspecified atom stereocenters. The molecule has 2 rings (SSSR count). The van der Waals surface area contributed by atoms with E-state index in [1.54, 1.807) is 0 Å². The molecule has 0 amide bonds. The molecule has 0 aliphatic rings. The monoisotopic (exact) mass is 235 g/mol. The van der Waals surface area contributed by atoms with E-state index in [0.29, 0.717) is 0 Å². The van der Waals surface area contributed by atoms with Crippen molar-refractivity contribution >= 4 is 22.5 Å². The fourth-order valence-electron chi connectivity index (χ4n) is 1.34. The molecule has 1 heterocycles. The first-order valence-electron chi connectivity index (χ1n) is 3.97. The highest BCUT2D eigenvalue weighted by molar-refractivity contribution is 6.36. The molecule has 2 aromatic rings. The topological polar surface area (TPSA) is 36.0 Å². The molecular weight excluding hydrogens is 231 g/mol. The SMILES string of the molecule is Oc1ccc2[nH]c(C(F)(F)F)c(Cl)c2c1. The number of phenols is 1. The molecule has 0 bridgehead atoms. The quantitative estimate of drug-likeness (QED) is 0.720. The van der Waals surface area contributed by atoms with Crippen molar-refractivity contribution in [2.75, 3.05) is 0 Å². The van der Waals surface area contributed by atoms with Crippen molar-refractivity contribution in [2.24, 2.45) is 0 Å². The second-order valence-corrected chi connectivity index (χ2v) is 3.42. The van der Waals surface area contributed by atoms with E-state index in [2.05, 4.69) is 4.98 Å². The van der Waals surface area contributed by atoms with E-state index in [1.165, 1.54) is 18.2 Å². The first-order valence-corrected chi connectivity index (χ1v) is 4.35. The van der Waals surface area contributed by atoms with Crippen LogP contribution in [0, 0.1) is 0 Å². The number of rotatable bonds is 0. The van der Waals surface area contributed by atoms with E-state index < -0.39 is 16.9 Å². The molecule has 6 heteroatoms. The van der Waals surface area contributed by atoms with Crippen LogP contribution in [0.2, 0.25) is 5.02 Å². The minimum absolute atomic E-state index is 0.128. The number of alkyl halides is 3. The number of H-pyrrole nitrogens is 1. The van der Waals surface area contributed by atoms with Crippen molar-refractivity contribution in [3.8, 4) is 5.75 Å². The van der Waals surface area contributed by atoms with Crippen LogP contribution in [0.1, 0.15) is 5.69 Å². The minimum atomic E-state index is -4.52. The number of phenolic OH excluding ortho intramolecular Hbond substituents is 1. The Labute approximate surface area is 87.3 Å². The summed E-state index contributed by atoms with van der Waals surface area (Å²) in [6.45, 7) is 0. The van der Waals surface area contributed by atoms with Crippen LogP contribution in [-0.4, -0.2) is 10.1 Å². The number of aromatic nitrogens is 1. The van der Waals surface area contributed by atoms with E-state index in [-0.39, 0.29) is 16.7 Å². The van der Waals surface area contributed by atoms with Gasteiger partial charge in [0.15, 0.2) is 0 Å². The largest absolute Gasteiger partial charge is 0.508 e. The Hall–Kier alpha value is -1.36. The van der Waals surface area contributed by atoms with Crippen LogP contribution in [0.25, 0.3) is 10.9 Å². The second kappa shape index (κ2) is 3.06. The number of hydrogen-bond acceptors (Lipinski definition) is 1. The van der Waals surface area contributed by atoms with Gasteiger partial charge in [-0.1, -0.05) is 11.6 Å². The summed E-state index contributed by atoms with van der Waals surface area (Å²) in [5, 5.41) is 8.85. The minimum Gasteiger partial charge on any atom is -0.508 e. The van der Waals surface area contributed by atoms with Gasteiger partial charge in [0.05, 0.1) is 5.02 Å². The number of halogens is 4. The normalized spacial score (nSPS) is 12.3. The van der Waals surface area contributed by atoms with Crippen molar-refractivity contribution in [1.82, 2.24) is 4.98 Å². The van der Waals surface area contributed by atoms with Crippen molar-refractivity contribution < 1.29 is 18.3 Å². The Balaban J connectivity index is 2.76. The summed E-state index contributed by atoms with van der Waals surface area (Å²) >= 11 is 5.55. The lowest BCUT2D eigenvalue weighted by molar-refractivity contribution is -0.140. The maximum atomic E-state index is 12.4. The van der Waals surface area contributed by atoms with Gasteiger partial charge in [0.1, 0.15) is 11.4 Å². The van der Waals surface area contributed by atoms with Crippen molar-refractivity contribution in [3.05, 3.63) is 28.9 Å². The Morgan fingerprint density at radius 2 is 1.93 bits per heavy atom. The number of aromatic amines is 1. The number of benzene rings is 1. The summed E-state index contributed by atoms with van der Waals surface area (Å²) in [7, 11) is 0. The van der Waals surface area contributed by atoms with Crippen LogP contribution in [0.5, 0.6) is 5.75 Å². The summed E-state index contributed by atoms with van der Waals surface area (Å²) < 4.78 is 37.2. The Morgan fingerprint density at radius 3 is 2.53 bits per heavy atom. The van der Waals surface area contributed by atoms with Crippen LogP contribution < -0.4 is 0 Å². The summed E-state index contributed by atoms with van der Waals surface area (Å²) in [5.41, 5.74) is -0.755. The molecule has 0 aliphatic carbocycles. The third kappa shape index (κ3) is 1.63. The number of fused-ring (bicyclic) bond motifs is 1. The zero-order valence-corrected chi connectivity index (χ0v) is 7.95. The smallest absolute Gasteiger partial charge is 0.432 e. The summed E-state index contributed by atoms with van der Waals surface area (Å²) in [4.78, 5) is 2.16. The van der Waals surface area contributed by atoms with Crippen LogP contribution in [0.15, 0.2) is 18.2 Å². The molecule has 0 radical (unpaired) electrons. The average Bonchev–Trinajstić information content (AvgIpc) is 2.43. The van der Waals surface area contributed by atoms with Crippen molar-refractivity contribution in [1.29, 1.82) is 0 Å². The Kier molecular flexibility index (Phi) is 2.08. The van der Waals surface area contributed by atoms with Gasteiger partial charge in [-0.2, -0.15) is 13.2 Å². The van der Waals surface area contributed by atoms with Gasteiger partial charge in [-0.25, -0.2) is 0 Å². The molecule has 0 spiro atoms. The molecule has 80 valence electrons. The molecule has 1 aromatic heterocycles. The van der Waals surface area contributed by atoms with Crippen LogP contribution in [-0.2, 0) is 6.18 Å². The number of hydrogen-bond donors (Lipinski definition) is 2. The average molecular weight is 236 g/mol. The molecule has 0 saturated carbocycles. The van der Waals surface area contributed by atoms with Gasteiger partial charge in [-0.05, 0) is 18.2 Å². The predicted molar refractivity (Wildman–Crippen MR) is 50.0 cm³/mol. The lowest BCUT2D eigenvalue weighted by Gasteiger charge is -2.02. The van der Waals surface area contributed by atoms with Crippen molar-refractivity contribution in [2.45, 2.75) is 6.18 Å². The molecule has 1 aromatic carbocycles. The summed E-state index contributed by atoms with van der Waals surface area (Å²) in [5.74, 6) is -0.128. The van der Waals surface area contributed by atoms with Crippen LogP contribution >= 0.6 is 11.6 Å². The molecule has 15 heavy (non-hydrogen) atoms. The maximum Gasteiger partial charge on any atom is 0.432 e. The third-order valence-electron chi connectivity index (χ3n) is 2.00. The van der Waals surface area contributed by atoms with Gasteiger partial charge in [-0.15, -0.1) is 0 Å². The molecular formula is C9H5ClF3NO. The standard InChI is InChI=1S/C9H5ClF3NO/c10-7-5-3-4(15)1-2-6(5)14-8(7)9(11,12)13/h1-3,14-15H. The van der Waals surface area contributed by atoms with E-state index in [4.69, 9.17) is 16.7 Å². The van der Waals surface area contributed by atoms with Crippen molar-refractivity contribution in [3.63, 3.8) is 0 Å². The van der Waals surface area contributed by atoms with Gasteiger partial charge in [0.25, 0.3) is 0 Å². The van der Waals surface area contributed by atoms with Gasteiger partial charge in [0, 0.05) is 10.9 Å². The molecule has 0 fully saturated rings. The molecule has 0 atom stereocenters. The van der Waals surface area contributed by atoms with Gasteiger partial charge < -0.3 is 10.1 Å². The first-order chi connectivity index (χ1) is 6.89. The van der Waals surface area contributed by atoms with E-state index in [1.807, 2.05) is 0 Å². The van der Waals surface area contributed by atoms with Gasteiger partial charge in [-0.3, -0.25) is 0 Å². The zero-order chi connectivity index (χ0) is 11.2. The lowest BCUT2D eigenvalue weighted by atomic mass is 10.2. The zero-order valence-electron chi connectivity index (χ0n) is 7.19. The van der Waals surface area contributed by atoms with Crippen LogP contribution in [0.3, 0.4) is 0 Å². The Bertz CT molecular complexity index is 518. The fraction of sp³-hybridized carbons (Fsp3) is 0.111. The highest BCUT2D eigenvalue weighted by atomic mass is 35.5. The lowest BCUT2D eigenvalue weighted by Crippen LogP contribution is -2.05. The third-order valence-corrected chi connectivity index (χ3v) is 2.39. The molecule has 2 nitrogen and oxygen atoms in total. The molecule has 0 saturated heterocycles. The fourth-order valence-corrected chi connectivity index (χ4v) is 1.65. The predicted octanol–water partition coefficient (Wildman–Crippen LogP) is 3.55. The first kappa shape index (κ1) is 10.2. The molecule has 0 aliphatic heterocycles. The van der Waals surface area contributed by atoms with Gasteiger partial charge >= 0.3 is 6.18 Å². The highest BCUT2D eigenvalue weighted by Crippen LogP contribution is 2.39. The summed E-state index contributed by atoms with van der Waals surface area (Å²) in [6.07, 6.45) is -4.52. The highest BCUT2D eigenvalue weighted by Gasteiger charge is 2.36. The Morgan fingerprint density at radius 1 is 1.27 bits per heavy atom.